The highest BCUT2D eigenvalue weighted by molar-refractivity contribution is 6.39. The molecule has 2 saturated heterocycles. The van der Waals surface area contributed by atoms with Crippen LogP contribution in [-0.2, 0) is 16.1 Å². The second kappa shape index (κ2) is 11.8. The van der Waals surface area contributed by atoms with Crippen LogP contribution in [-0.4, -0.2) is 46.4 Å². The zero-order valence-corrected chi connectivity index (χ0v) is 26.3. The Hall–Kier alpha value is -3.55. The average molecular weight is 664 g/mol. The smallest absolute Gasteiger partial charge is 0.248 e. The lowest BCUT2D eigenvalue weighted by molar-refractivity contribution is -0.124. The number of benzene rings is 4. The number of amides is 2. The predicted octanol–water partition coefficient (Wildman–Crippen LogP) is 7.65. The molecule has 4 aromatic carbocycles. The molecule has 0 N–H and O–H groups in total. The van der Waals surface area contributed by atoms with Gasteiger partial charge in [-0.1, -0.05) is 71.7 Å². The Labute approximate surface area is 275 Å². The molecule has 3 aliphatic heterocycles. The minimum Gasteiger partial charge on any atom is -0.350 e. The van der Waals surface area contributed by atoms with E-state index in [1.54, 1.807) is 9.80 Å². The Kier molecular flexibility index (Phi) is 7.79. The van der Waals surface area contributed by atoms with Crippen molar-refractivity contribution in [1.82, 2.24) is 4.90 Å². The highest BCUT2D eigenvalue weighted by Gasteiger charge is 2.49. The minimum absolute atomic E-state index is 0.138. The fraction of sp³-hybridized carbons (Fsp3) is 0.206. The molecule has 2 amide bonds. The fourth-order valence-corrected chi connectivity index (χ4v) is 7.37. The van der Waals surface area contributed by atoms with Crippen molar-refractivity contribution in [3.8, 4) is 0 Å². The van der Waals surface area contributed by atoms with E-state index in [2.05, 4.69) is 4.90 Å². The van der Waals surface area contributed by atoms with Crippen molar-refractivity contribution in [2.45, 2.75) is 29.4 Å². The maximum atomic E-state index is 12.8. The number of alkyl halides is 2. The van der Waals surface area contributed by atoms with Gasteiger partial charge in [-0.2, -0.15) is 0 Å². The van der Waals surface area contributed by atoms with E-state index < -0.39 is 10.8 Å². The molecule has 0 aliphatic carbocycles. The van der Waals surface area contributed by atoms with Crippen LogP contribution in [0.2, 0.25) is 10.0 Å². The molecule has 0 radical (unpaired) electrons. The Bertz CT molecular complexity index is 1780. The quantitative estimate of drug-likeness (QED) is 0.151. The molecule has 4 aromatic rings. The van der Waals surface area contributed by atoms with Crippen molar-refractivity contribution in [2.75, 3.05) is 22.9 Å². The second-order valence-electron chi connectivity index (χ2n) is 11.0. The number of hydrogen-bond donors (Lipinski definition) is 0. The number of carbonyl (C=O) groups is 2. The number of hydrogen-bond acceptors (Lipinski definition) is 4. The molecule has 3 aliphatic rings. The summed E-state index contributed by atoms with van der Waals surface area (Å²) in [5.74, 6) is 0.615. The number of anilines is 2. The van der Waals surface area contributed by atoms with Crippen LogP contribution < -0.4 is 9.80 Å². The van der Waals surface area contributed by atoms with Gasteiger partial charge >= 0.3 is 0 Å². The third-order valence-corrected chi connectivity index (χ3v) is 9.97. The van der Waals surface area contributed by atoms with E-state index in [1.807, 2.05) is 97.1 Å². The van der Waals surface area contributed by atoms with Gasteiger partial charge in [0.1, 0.15) is 16.6 Å². The van der Waals surface area contributed by atoms with Gasteiger partial charge in [-0.15, -0.1) is 23.2 Å². The van der Waals surface area contributed by atoms with E-state index in [0.717, 1.165) is 46.0 Å². The van der Waals surface area contributed by atoms with Crippen molar-refractivity contribution < 1.29 is 9.59 Å². The summed E-state index contributed by atoms with van der Waals surface area (Å²) >= 11 is 25.7. The summed E-state index contributed by atoms with van der Waals surface area (Å²) in [6, 6.07) is 30.1. The van der Waals surface area contributed by atoms with E-state index in [0.29, 0.717) is 23.1 Å². The third-order valence-electron chi connectivity index (χ3n) is 8.43. The van der Waals surface area contributed by atoms with Gasteiger partial charge in [0.15, 0.2) is 0 Å². The monoisotopic (exact) mass is 662 g/mol. The lowest BCUT2D eigenvalue weighted by Gasteiger charge is -2.45. The Morgan fingerprint density at radius 1 is 0.659 bits per heavy atom. The molecule has 6 nitrogen and oxygen atoms in total. The van der Waals surface area contributed by atoms with E-state index >= 15 is 0 Å². The molecule has 0 saturated carbocycles. The first-order chi connectivity index (χ1) is 21.3. The van der Waals surface area contributed by atoms with Crippen molar-refractivity contribution in [1.29, 1.82) is 0 Å². The van der Waals surface area contributed by atoms with Crippen molar-refractivity contribution >= 4 is 75.4 Å². The zero-order valence-electron chi connectivity index (χ0n) is 23.3. The molecule has 0 aromatic heterocycles. The van der Waals surface area contributed by atoms with Crippen LogP contribution >= 0.6 is 46.4 Å². The van der Waals surface area contributed by atoms with E-state index in [4.69, 9.17) is 51.4 Å². The van der Waals surface area contributed by atoms with E-state index in [9.17, 15) is 9.59 Å². The first-order valence-corrected chi connectivity index (χ1v) is 15.9. The molecule has 4 atom stereocenters. The highest BCUT2D eigenvalue weighted by Crippen LogP contribution is 2.45. The number of rotatable bonds is 7. The topological polar surface area (TPSA) is 56.2 Å². The molecule has 44 heavy (non-hydrogen) atoms. The molecular formula is C34H26Cl4N4O2. The molecule has 222 valence electrons. The van der Waals surface area contributed by atoms with Gasteiger partial charge in [0.05, 0.1) is 18.6 Å². The number of β-lactam (4-membered cyclic amide) rings is 2. The fourth-order valence-electron chi connectivity index (χ4n) is 6.17. The largest absolute Gasteiger partial charge is 0.350 e. The Morgan fingerprint density at radius 3 is 1.64 bits per heavy atom. The van der Waals surface area contributed by atoms with Crippen LogP contribution in [0.15, 0.2) is 102 Å². The summed E-state index contributed by atoms with van der Waals surface area (Å²) in [4.78, 5) is 35.9. The van der Waals surface area contributed by atoms with Crippen molar-refractivity contribution in [3.05, 3.63) is 129 Å². The maximum absolute atomic E-state index is 12.8. The number of carbonyl (C=O) groups excluding carboxylic acids is 2. The van der Waals surface area contributed by atoms with Gasteiger partial charge in [-0.3, -0.25) is 14.6 Å². The number of nitrogens with zero attached hydrogens (tertiary/aromatic N) is 4. The Balaban J connectivity index is 1.05. The molecule has 10 heteroatoms. The van der Waals surface area contributed by atoms with Crippen molar-refractivity contribution in [3.63, 3.8) is 0 Å². The zero-order chi connectivity index (χ0) is 30.5. The lowest BCUT2D eigenvalue weighted by Crippen LogP contribution is -2.56. The number of halogens is 4. The third kappa shape index (κ3) is 4.94. The summed E-state index contributed by atoms with van der Waals surface area (Å²) in [5.41, 5.74) is 5.26. The SMILES string of the molecule is O=C1C(Cl)C(c2ccccc2Cl)N1c1ccc(CN2CCN=C2c2ccc(N3C(=O)C(Cl)C3c3ccccc3Cl)cc2)cc1. The van der Waals surface area contributed by atoms with Crippen LogP contribution in [0.25, 0.3) is 0 Å². The minimum atomic E-state index is -0.659. The van der Waals surface area contributed by atoms with Gasteiger partial charge < -0.3 is 14.7 Å². The van der Waals surface area contributed by atoms with E-state index in [1.165, 1.54) is 0 Å². The summed E-state index contributed by atoms with van der Waals surface area (Å²) < 4.78 is 0. The summed E-state index contributed by atoms with van der Waals surface area (Å²) in [5, 5.41) is -0.136. The van der Waals surface area contributed by atoms with Gasteiger partial charge in [-0.05, 0) is 65.2 Å². The average Bonchev–Trinajstić information content (AvgIpc) is 3.51. The normalized spacial score (nSPS) is 23.0. The van der Waals surface area contributed by atoms with Gasteiger partial charge in [-0.25, -0.2) is 0 Å². The second-order valence-corrected chi connectivity index (χ2v) is 12.7. The van der Waals surface area contributed by atoms with Gasteiger partial charge in [0.25, 0.3) is 0 Å². The van der Waals surface area contributed by atoms with Crippen molar-refractivity contribution in [2.24, 2.45) is 4.99 Å². The standard InChI is InChI=1S/C34H26Cl4N4O2/c35-26-7-3-1-5-24(26)30-28(37)33(43)41(30)22-13-9-20(10-14-22)19-40-18-17-39-32(40)21-11-15-23(16-12-21)42-31(29(38)34(42)44)25-6-2-4-8-27(25)36/h1-16,28-31H,17-19H2. The van der Waals surface area contributed by atoms with E-state index in [-0.39, 0.29) is 23.9 Å². The lowest BCUT2D eigenvalue weighted by atomic mass is 9.92. The first kappa shape index (κ1) is 29.2. The molecule has 3 heterocycles. The Morgan fingerprint density at radius 2 is 1.14 bits per heavy atom. The van der Waals surface area contributed by atoms with Gasteiger partial charge in [0, 0.05) is 40.1 Å². The molecule has 0 spiro atoms. The summed E-state index contributed by atoms with van der Waals surface area (Å²) in [6.45, 7) is 2.15. The highest BCUT2D eigenvalue weighted by atomic mass is 35.5. The molecule has 7 rings (SSSR count). The molecule has 4 unspecified atom stereocenters. The summed E-state index contributed by atoms with van der Waals surface area (Å²) in [7, 11) is 0. The molecule has 0 bridgehead atoms. The summed E-state index contributed by atoms with van der Waals surface area (Å²) in [6.07, 6.45) is 0. The number of aliphatic imine (C=N–C) groups is 1. The molecular weight excluding hydrogens is 638 g/mol. The predicted molar refractivity (Wildman–Crippen MR) is 177 cm³/mol. The van der Waals surface area contributed by atoms with Crippen LogP contribution in [0.5, 0.6) is 0 Å². The molecule has 2 fully saturated rings. The van der Waals surface area contributed by atoms with Crippen LogP contribution in [0, 0.1) is 0 Å². The van der Waals surface area contributed by atoms with Crippen LogP contribution in [0.1, 0.15) is 34.3 Å². The van der Waals surface area contributed by atoms with Gasteiger partial charge in [0.2, 0.25) is 11.8 Å². The number of amidine groups is 1. The maximum Gasteiger partial charge on any atom is 0.248 e. The van der Waals surface area contributed by atoms with Crippen LogP contribution in [0.3, 0.4) is 0 Å². The first-order valence-electron chi connectivity index (χ1n) is 14.3. The van der Waals surface area contributed by atoms with Crippen LogP contribution in [0.4, 0.5) is 11.4 Å².